The molecule has 0 rings (SSSR count). The molecule has 0 saturated heterocycles. The zero-order valence-corrected chi connectivity index (χ0v) is 6.49. The van der Waals surface area contributed by atoms with Gasteiger partial charge in [-0.05, 0) is 33.7 Å². The first-order valence-corrected chi connectivity index (χ1v) is 3.26. The van der Waals surface area contributed by atoms with Crippen LogP contribution in [0.3, 0.4) is 0 Å². The molecule has 0 aromatic rings. The highest BCUT2D eigenvalue weighted by atomic mass is 14.5. The zero-order chi connectivity index (χ0) is 7.33. The molecule has 0 unspecified atom stereocenters. The largest absolute Gasteiger partial charge is 0.330 e. The highest BCUT2D eigenvalue weighted by Crippen LogP contribution is 2.16. The SMILES string of the molecule is CC#CC(C)(C)CCN. The van der Waals surface area contributed by atoms with Crippen molar-refractivity contribution in [2.75, 3.05) is 6.54 Å². The molecule has 0 heterocycles. The lowest BCUT2D eigenvalue weighted by Gasteiger charge is -2.14. The average Bonchev–Trinajstić information content (AvgIpc) is 1.64. The Morgan fingerprint density at radius 3 is 2.33 bits per heavy atom. The van der Waals surface area contributed by atoms with Gasteiger partial charge in [0.15, 0.2) is 0 Å². The Labute approximate surface area is 57.6 Å². The van der Waals surface area contributed by atoms with E-state index < -0.39 is 0 Å². The zero-order valence-electron chi connectivity index (χ0n) is 6.49. The van der Waals surface area contributed by atoms with E-state index in [0.717, 1.165) is 13.0 Å². The predicted octanol–water partition coefficient (Wildman–Crippen LogP) is 1.38. The lowest BCUT2D eigenvalue weighted by Crippen LogP contribution is -2.14. The van der Waals surface area contributed by atoms with Crippen molar-refractivity contribution < 1.29 is 0 Å². The summed E-state index contributed by atoms with van der Waals surface area (Å²) in [6.45, 7) is 6.80. The summed E-state index contributed by atoms with van der Waals surface area (Å²) in [7, 11) is 0. The average molecular weight is 125 g/mol. The first-order chi connectivity index (χ1) is 4.12. The molecule has 0 aromatic heterocycles. The van der Waals surface area contributed by atoms with Crippen molar-refractivity contribution in [2.45, 2.75) is 27.2 Å². The molecule has 0 fully saturated rings. The fraction of sp³-hybridized carbons (Fsp3) is 0.750. The van der Waals surface area contributed by atoms with Gasteiger partial charge >= 0.3 is 0 Å². The van der Waals surface area contributed by atoms with Crippen molar-refractivity contribution >= 4 is 0 Å². The van der Waals surface area contributed by atoms with Gasteiger partial charge in [-0.2, -0.15) is 0 Å². The second-order valence-corrected chi connectivity index (χ2v) is 2.80. The van der Waals surface area contributed by atoms with Crippen LogP contribution in [0.4, 0.5) is 0 Å². The summed E-state index contributed by atoms with van der Waals surface area (Å²) in [4.78, 5) is 0. The van der Waals surface area contributed by atoms with Crippen LogP contribution >= 0.6 is 0 Å². The minimum Gasteiger partial charge on any atom is -0.330 e. The van der Waals surface area contributed by atoms with Crippen LogP contribution in [0.15, 0.2) is 0 Å². The first-order valence-electron chi connectivity index (χ1n) is 3.26. The molecule has 1 nitrogen and oxygen atoms in total. The van der Waals surface area contributed by atoms with Gasteiger partial charge in [0.05, 0.1) is 0 Å². The van der Waals surface area contributed by atoms with E-state index in [1.807, 2.05) is 6.92 Å². The summed E-state index contributed by atoms with van der Waals surface area (Å²) >= 11 is 0. The van der Waals surface area contributed by atoms with Gasteiger partial charge in [-0.15, -0.1) is 5.92 Å². The topological polar surface area (TPSA) is 26.0 Å². The third-order valence-electron chi connectivity index (χ3n) is 1.23. The van der Waals surface area contributed by atoms with Crippen molar-refractivity contribution in [3.63, 3.8) is 0 Å². The van der Waals surface area contributed by atoms with Crippen LogP contribution in [0.25, 0.3) is 0 Å². The smallest absolute Gasteiger partial charge is 0.0270 e. The van der Waals surface area contributed by atoms with Gasteiger partial charge in [0.2, 0.25) is 0 Å². The number of hydrogen-bond donors (Lipinski definition) is 1. The maximum atomic E-state index is 5.38. The number of rotatable bonds is 2. The molecule has 9 heavy (non-hydrogen) atoms. The first kappa shape index (κ1) is 8.52. The lowest BCUT2D eigenvalue weighted by molar-refractivity contribution is 0.466. The molecular formula is C8H15N. The molecule has 0 aliphatic carbocycles. The lowest BCUT2D eigenvalue weighted by atomic mass is 9.90. The van der Waals surface area contributed by atoms with Crippen LogP contribution in [0.5, 0.6) is 0 Å². The van der Waals surface area contributed by atoms with Crippen LogP contribution in [-0.2, 0) is 0 Å². The monoisotopic (exact) mass is 125 g/mol. The van der Waals surface area contributed by atoms with Gasteiger partial charge in [-0.1, -0.05) is 5.92 Å². The quantitative estimate of drug-likeness (QED) is 0.554. The third-order valence-corrected chi connectivity index (χ3v) is 1.23. The maximum absolute atomic E-state index is 5.38. The maximum Gasteiger partial charge on any atom is 0.0270 e. The van der Waals surface area contributed by atoms with Crippen LogP contribution in [0.2, 0.25) is 0 Å². The summed E-state index contributed by atoms with van der Waals surface area (Å²) in [5.74, 6) is 5.98. The van der Waals surface area contributed by atoms with E-state index >= 15 is 0 Å². The molecule has 0 aromatic carbocycles. The Kier molecular flexibility index (Phi) is 3.34. The summed E-state index contributed by atoms with van der Waals surface area (Å²) < 4.78 is 0. The van der Waals surface area contributed by atoms with Crippen molar-refractivity contribution in [1.29, 1.82) is 0 Å². The Hall–Kier alpha value is -0.480. The van der Waals surface area contributed by atoms with E-state index in [2.05, 4.69) is 25.7 Å². The number of nitrogens with two attached hydrogens (primary N) is 1. The van der Waals surface area contributed by atoms with Gasteiger partial charge in [0, 0.05) is 5.41 Å². The van der Waals surface area contributed by atoms with Gasteiger partial charge in [-0.3, -0.25) is 0 Å². The molecule has 0 bridgehead atoms. The van der Waals surface area contributed by atoms with Crippen molar-refractivity contribution in [3.8, 4) is 11.8 Å². The summed E-state index contributed by atoms with van der Waals surface area (Å²) in [5.41, 5.74) is 5.49. The molecular weight excluding hydrogens is 110 g/mol. The molecule has 0 atom stereocenters. The van der Waals surface area contributed by atoms with Crippen LogP contribution in [0.1, 0.15) is 27.2 Å². The molecule has 52 valence electrons. The van der Waals surface area contributed by atoms with Crippen LogP contribution in [0, 0.1) is 17.3 Å². The summed E-state index contributed by atoms with van der Waals surface area (Å²) in [5, 5.41) is 0. The Bertz CT molecular complexity index is 125. The highest BCUT2D eigenvalue weighted by molar-refractivity contribution is 5.06. The molecule has 0 spiro atoms. The van der Waals surface area contributed by atoms with E-state index in [1.54, 1.807) is 0 Å². The Morgan fingerprint density at radius 2 is 2.00 bits per heavy atom. The van der Waals surface area contributed by atoms with Gasteiger partial charge < -0.3 is 5.73 Å². The van der Waals surface area contributed by atoms with Crippen molar-refractivity contribution in [1.82, 2.24) is 0 Å². The minimum absolute atomic E-state index is 0.115. The van der Waals surface area contributed by atoms with Crippen molar-refractivity contribution in [3.05, 3.63) is 0 Å². The summed E-state index contributed by atoms with van der Waals surface area (Å²) in [6, 6.07) is 0. The van der Waals surface area contributed by atoms with E-state index in [0.29, 0.717) is 0 Å². The third kappa shape index (κ3) is 4.05. The van der Waals surface area contributed by atoms with E-state index in [-0.39, 0.29) is 5.41 Å². The molecule has 0 aliphatic rings. The van der Waals surface area contributed by atoms with E-state index in [4.69, 9.17) is 5.73 Å². The predicted molar refractivity (Wildman–Crippen MR) is 40.9 cm³/mol. The molecule has 0 amide bonds. The molecule has 2 N–H and O–H groups in total. The fourth-order valence-electron chi connectivity index (χ4n) is 0.762. The highest BCUT2D eigenvalue weighted by Gasteiger charge is 2.11. The van der Waals surface area contributed by atoms with Gasteiger partial charge in [-0.25, -0.2) is 0 Å². The Morgan fingerprint density at radius 1 is 1.44 bits per heavy atom. The summed E-state index contributed by atoms with van der Waals surface area (Å²) in [6.07, 6.45) is 0.980. The van der Waals surface area contributed by atoms with Crippen molar-refractivity contribution in [2.24, 2.45) is 11.1 Å². The second-order valence-electron chi connectivity index (χ2n) is 2.80. The molecule has 0 saturated carbocycles. The van der Waals surface area contributed by atoms with Crippen LogP contribution in [-0.4, -0.2) is 6.54 Å². The van der Waals surface area contributed by atoms with E-state index in [1.165, 1.54) is 0 Å². The number of hydrogen-bond acceptors (Lipinski definition) is 1. The fourth-order valence-corrected chi connectivity index (χ4v) is 0.762. The normalized spacial score (nSPS) is 10.2. The van der Waals surface area contributed by atoms with E-state index in [9.17, 15) is 0 Å². The molecule has 0 radical (unpaired) electrons. The minimum atomic E-state index is 0.115. The van der Waals surface area contributed by atoms with Crippen LogP contribution < -0.4 is 5.73 Å². The molecule has 0 aliphatic heterocycles. The molecule has 1 heteroatoms. The van der Waals surface area contributed by atoms with Gasteiger partial charge in [0.25, 0.3) is 0 Å². The standard InChI is InChI=1S/C8H15N/c1-4-5-8(2,3)6-7-9/h6-7,9H2,1-3H3. The van der Waals surface area contributed by atoms with Gasteiger partial charge in [0.1, 0.15) is 0 Å². The second kappa shape index (κ2) is 3.53. The Balaban J connectivity index is 3.80.